The van der Waals surface area contributed by atoms with E-state index in [-0.39, 0.29) is 5.75 Å². The van der Waals surface area contributed by atoms with E-state index in [1.54, 1.807) is 6.07 Å². The summed E-state index contributed by atoms with van der Waals surface area (Å²) >= 11 is 0. The first kappa shape index (κ1) is 9.90. The number of aromatic hydroxyl groups is 1. The molecule has 17 heavy (non-hydrogen) atoms. The Balaban J connectivity index is 2.42. The fourth-order valence-corrected chi connectivity index (χ4v) is 2.21. The molecule has 3 heteroatoms. The predicted molar refractivity (Wildman–Crippen MR) is 64.0 cm³/mol. The number of esters is 1. The number of cyclic esters (lactones) is 1. The van der Waals surface area contributed by atoms with E-state index in [0.717, 1.165) is 10.8 Å². The number of rotatable bonds is 1. The number of phenols is 1. The van der Waals surface area contributed by atoms with Crippen LogP contribution in [0.4, 0.5) is 0 Å². The summed E-state index contributed by atoms with van der Waals surface area (Å²) in [4.78, 5) is 11.6. The molecule has 0 aliphatic carbocycles. The Morgan fingerprint density at radius 2 is 2.12 bits per heavy atom. The monoisotopic (exact) mass is 226 g/mol. The highest BCUT2D eigenvalue weighted by atomic mass is 16.5. The lowest BCUT2D eigenvalue weighted by Gasteiger charge is -2.08. The van der Waals surface area contributed by atoms with Crippen molar-refractivity contribution < 1.29 is 14.6 Å². The second-order valence-electron chi connectivity index (χ2n) is 3.97. The van der Waals surface area contributed by atoms with Crippen molar-refractivity contribution in [2.24, 2.45) is 0 Å². The Kier molecular flexibility index (Phi) is 1.95. The van der Waals surface area contributed by atoms with Gasteiger partial charge in [-0.3, -0.25) is 0 Å². The summed E-state index contributed by atoms with van der Waals surface area (Å²) in [6.45, 7) is 3.61. The maximum Gasteiger partial charge on any atom is 0.339 e. The molecule has 84 valence electrons. The van der Waals surface area contributed by atoms with Gasteiger partial charge in [-0.05, 0) is 17.5 Å². The summed E-state index contributed by atoms with van der Waals surface area (Å²) in [5.74, 6) is -0.306. The van der Waals surface area contributed by atoms with Crippen LogP contribution in [0.15, 0.2) is 43.0 Å². The molecule has 3 nitrogen and oxygen atoms in total. The van der Waals surface area contributed by atoms with Crippen LogP contribution in [0.5, 0.6) is 5.75 Å². The van der Waals surface area contributed by atoms with Crippen LogP contribution in [-0.2, 0) is 4.74 Å². The molecule has 0 saturated heterocycles. The van der Waals surface area contributed by atoms with E-state index in [1.165, 1.54) is 6.08 Å². The van der Waals surface area contributed by atoms with E-state index in [0.29, 0.717) is 11.1 Å². The van der Waals surface area contributed by atoms with Crippen LogP contribution in [0.1, 0.15) is 22.0 Å². The van der Waals surface area contributed by atoms with Gasteiger partial charge in [0, 0.05) is 5.39 Å². The summed E-state index contributed by atoms with van der Waals surface area (Å²) in [5, 5.41) is 11.8. The van der Waals surface area contributed by atoms with Crippen molar-refractivity contribution in [3.8, 4) is 5.75 Å². The van der Waals surface area contributed by atoms with Gasteiger partial charge >= 0.3 is 5.97 Å². The molecule has 1 unspecified atom stereocenters. The number of benzene rings is 2. The van der Waals surface area contributed by atoms with Crippen molar-refractivity contribution in [3.63, 3.8) is 0 Å². The van der Waals surface area contributed by atoms with Crippen LogP contribution in [0.2, 0.25) is 0 Å². The van der Waals surface area contributed by atoms with E-state index < -0.39 is 12.1 Å². The second-order valence-corrected chi connectivity index (χ2v) is 3.97. The van der Waals surface area contributed by atoms with Gasteiger partial charge in [-0.1, -0.05) is 30.8 Å². The summed E-state index contributed by atoms with van der Waals surface area (Å²) in [7, 11) is 0. The van der Waals surface area contributed by atoms with Gasteiger partial charge in [-0.15, -0.1) is 0 Å². The Morgan fingerprint density at radius 1 is 1.35 bits per heavy atom. The number of hydrogen-bond donors (Lipinski definition) is 1. The van der Waals surface area contributed by atoms with Crippen LogP contribution >= 0.6 is 0 Å². The maximum atomic E-state index is 11.6. The lowest BCUT2D eigenvalue weighted by atomic mass is 9.98. The molecule has 2 aromatic carbocycles. The van der Waals surface area contributed by atoms with Crippen molar-refractivity contribution in [1.29, 1.82) is 0 Å². The van der Waals surface area contributed by atoms with Gasteiger partial charge < -0.3 is 9.84 Å². The minimum atomic E-state index is -0.554. The molecule has 1 heterocycles. The minimum absolute atomic E-state index is 0.105. The summed E-state index contributed by atoms with van der Waals surface area (Å²) in [6.07, 6.45) is 0.959. The standard InChI is InChI=1S/C14H10O3/c1-2-11-12-10(14(16)17-11)7-8-5-3-4-6-9(8)13(12)15/h2-7,11,15H,1H2. The van der Waals surface area contributed by atoms with Gasteiger partial charge in [0.05, 0.1) is 11.1 Å². The topological polar surface area (TPSA) is 46.5 Å². The molecular formula is C14H10O3. The highest BCUT2D eigenvalue weighted by Crippen LogP contribution is 2.42. The largest absolute Gasteiger partial charge is 0.507 e. The lowest BCUT2D eigenvalue weighted by molar-refractivity contribution is 0.0466. The molecule has 1 aliphatic rings. The average Bonchev–Trinajstić information content (AvgIpc) is 2.67. The number of carbonyl (C=O) groups excluding carboxylic acids is 1. The Labute approximate surface area is 97.9 Å². The van der Waals surface area contributed by atoms with E-state index in [4.69, 9.17) is 4.74 Å². The maximum absolute atomic E-state index is 11.6. The summed E-state index contributed by atoms with van der Waals surface area (Å²) in [5.41, 5.74) is 0.940. The van der Waals surface area contributed by atoms with Crippen molar-refractivity contribution in [3.05, 3.63) is 54.1 Å². The smallest absolute Gasteiger partial charge is 0.339 e. The molecule has 1 N–H and O–H groups in total. The molecular weight excluding hydrogens is 216 g/mol. The first-order valence-electron chi connectivity index (χ1n) is 5.30. The highest BCUT2D eigenvalue weighted by molar-refractivity contribution is 6.02. The minimum Gasteiger partial charge on any atom is -0.507 e. The number of hydrogen-bond acceptors (Lipinski definition) is 3. The quantitative estimate of drug-likeness (QED) is 0.600. The molecule has 0 fully saturated rings. The number of fused-ring (bicyclic) bond motifs is 2. The zero-order valence-corrected chi connectivity index (χ0v) is 9.01. The molecule has 0 amide bonds. The number of ether oxygens (including phenoxy) is 1. The van der Waals surface area contributed by atoms with E-state index in [2.05, 4.69) is 6.58 Å². The van der Waals surface area contributed by atoms with E-state index >= 15 is 0 Å². The summed E-state index contributed by atoms with van der Waals surface area (Å²) in [6, 6.07) is 9.11. The zero-order valence-electron chi connectivity index (χ0n) is 9.01. The SMILES string of the molecule is C=CC1OC(=O)c2cc3ccccc3c(O)c21. The molecule has 1 aliphatic heterocycles. The molecule has 0 bridgehead atoms. The van der Waals surface area contributed by atoms with Crippen LogP contribution in [0, 0.1) is 0 Å². The van der Waals surface area contributed by atoms with Crippen molar-refractivity contribution in [1.82, 2.24) is 0 Å². The fourth-order valence-electron chi connectivity index (χ4n) is 2.21. The molecule has 0 radical (unpaired) electrons. The lowest BCUT2D eigenvalue weighted by Crippen LogP contribution is -1.94. The summed E-state index contributed by atoms with van der Waals surface area (Å²) < 4.78 is 5.12. The molecule has 3 rings (SSSR count). The van der Waals surface area contributed by atoms with Crippen LogP contribution < -0.4 is 0 Å². The Bertz CT molecular complexity index is 643. The van der Waals surface area contributed by atoms with Gasteiger partial charge in [-0.25, -0.2) is 4.79 Å². The van der Waals surface area contributed by atoms with Gasteiger partial charge in [0.1, 0.15) is 11.9 Å². The molecule has 2 aromatic rings. The zero-order chi connectivity index (χ0) is 12.0. The van der Waals surface area contributed by atoms with Crippen molar-refractivity contribution >= 4 is 16.7 Å². The van der Waals surface area contributed by atoms with E-state index in [9.17, 15) is 9.90 Å². The predicted octanol–water partition coefficient (Wildman–Crippen LogP) is 2.94. The Hall–Kier alpha value is -2.29. The van der Waals surface area contributed by atoms with Gasteiger partial charge in [0.2, 0.25) is 0 Å². The number of phenolic OH excluding ortho intramolecular Hbond substituents is 1. The van der Waals surface area contributed by atoms with Crippen LogP contribution in [0.25, 0.3) is 10.8 Å². The first-order valence-corrected chi connectivity index (χ1v) is 5.30. The molecule has 0 aromatic heterocycles. The first-order chi connectivity index (χ1) is 8.22. The number of carbonyl (C=O) groups is 1. The average molecular weight is 226 g/mol. The molecule has 0 saturated carbocycles. The Morgan fingerprint density at radius 3 is 2.88 bits per heavy atom. The third kappa shape index (κ3) is 1.25. The van der Waals surface area contributed by atoms with Crippen molar-refractivity contribution in [2.75, 3.05) is 0 Å². The van der Waals surface area contributed by atoms with Crippen LogP contribution in [0.3, 0.4) is 0 Å². The molecule has 1 atom stereocenters. The molecule has 0 spiro atoms. The van der Waals surface area contributed by atoms with E-state index in [1.807, 2.05) is 24.3 Å². The third-order valence-electron chi connectivity index (χ3n) is 3.01. The van der Waals surface area contributed by atoms with Gasteiger partial charge in [0.15, 0.2) is 0 Å². The highest BCUT2D eigenvalue weighted by Gasteiger charge is 2.32. The second kappa shape index (κ2) is 3.35. The third-order valence-corrected chi connectivity index (χ3v) is 3.01. The van der Waals surface area contributed by atoms with Gasteiger partial charge in [0.25, 0.3) is 0 Å². The van der Waals surface area contributed by atoms with Crippen LogP contribution in [-0.4, -0.2) is 11.1 Å². The normalized spacial score (nSPS) is 17.9. The van der Waals surface area contributed by atoms with Crippen molar-refractivity contribution in [2.45, 2.75) is 6.10 Å². The van der Waals surface area contributed by atoms with Gasteiger partial charge in [-0.2, -0.15) is 0 Å². The fraction of sp³-hybridized carbons (Fsp3) is 0.0714.